The van der Waals surface area contributed by atoms with Gasteiger partial charge >= 0.3 is 5.97 Å². The van der Waals surface area contributed by atoms with Crippen LogP contribution in [0.3, 0.4) is 0 Å². The van der Waals surface area contributed by atoms with Crippen LogP contribution in [-0.2, 0) is 14.6 Å². The molecule has 1 aromatic carbocycles. The molecule has 0 spiro atoms. The van der Waals surface area contributed by atoms with E-state index in [1.54, 1.807) is 0 Å². The fourth-order valence-electron chi connectivity index (χ4n) is 1.49. The molecule has 6 nitrogen and oxygen atoms in total. The molecule has 2 N–H and O–H groups in total. The summed E-state index contributed by atoms with van der Waals surface area (Å²) in [6.07, 6.45) is 0.981. The number of hydrogen-bond acceptors (Lipinski definition) is 5. The van der Waals surface area contributed by atoms with Gasteiger partial charge in [-0.2, -0.15) is 0 Å². The molecule has 0 unspecified atom stereocenters. The fraction of sp³-hybridized carbons (Fsp3) is 0.429. The summed E-state index contributed by atoms with van der Waals surface area (Å²) in [7, 11) is -3.57. The second-order valence-electron chi connectivity index (χ2n) is 5.77. The molecule has 1 rings (SSSR count). The van der Waals surface area contributed by atoms with E-state index in [-0.39, 0.29) is 32.6 Å². The Morgan fingerprint density at radius 1 is 1.23 bits per heavy atom. The molecule has 0 aliphatic heterocycles. The van der Waals surface area contributed by atoms with Crippen LogP contribution in [0, 0.1) is 0 Å². The quantitative estimate of drug-likeness (QED) is 0.849. The van der Waals surface area contributed by atoms with Crippen molar-refractivity contribution < 1.29 is 23.1 Å². The first-order valence-electron chi connectivity index (χ1n) is 6.41. The van der Waals surface area contributed by atoms with Crippen molar-refractivity contribution in [2.45, 2.75) is 30.4 Å². The number of hydrogen-bond donors (Lipinski definition) is 2. The summed E-state index contributed by atoms with van der Waals surface area (Å²) in [6.45, 7) is 5.91. The Bertz CT molecular complexity index is 690. The van der Waals surface area contributed by atoms with Crippen molar-refractivity contribution in [2.24, 2.45) is 0 Å². The van der Waals surface area contributed by atoms with Gasteiger partial charge in [0.1, 0.15) is 0 Å². The van der Waals surface area contributed by atoms with E-state index in [9.17, 15) is 18.0 Å². The maximum absolute atomic E-state index is 11.9. The van der Waals surface area contributed by atoms with Gasteiger partial charge < -0.3 is 10.4 Å². The van der Waals surface area contributed by atoms with E-state index in [1.165, 1.54) is 23.9 Å². The van der Waals surface area contributed by atoms with Crippen LogP contribution in [0.15, 0.2) is 23.1 Å². The molecule has 0 aromatic heterocycles. The summed E-state index contributed by atoms with van der Waals surface area (Å²) in [5.41, 5.74) is -0.0402. The van der Waals surface area contributed by atoms with Crippen LogP contribution in [0.5, 0.6) is 0 Å². The predicted octanol–water partition coefficient (Wildman–Crippen LogP) is 2.26. The summed E-state index contributed by atoms with van der Waals surface area (Å²) in [5, 5.41) is 11.6. The lowest BCUT2D eigenvalue weighted by molar-refractivity contribution is -0.113. The zero-order valence-corrected chi connectivity index (χ0v) is 14.5. The van der Waals surface area contributed by atoms with Gasteiger partial charge in [-0.25, -0.2) is 13.2 Å². The largest absolute Gasteiger partial charge is 0.478 e. The third kappa shape index (κ3) is 6.07. The van der Waals surface area contributed by atoms with E-state index in [0.29, 0.717) is 0 Å². The number of nitrogens with one attached hydrogen (secondary N) is 1. The number of rotatable bonds is 5. The third-order valence-corrected chi connectivity index (χ3v) is 4.87. The van der Waals surface area contributed by atoms with Gasteiger partial charge in [0, 0.05) is 16.7 Å². The second kappa shape index (κ2) is 6.70. The van der Waals surface area contributed by atoms with Crippen molar-refractivity contribution in [3.63, 3.8) is 0 Å². The van der Waals surface area contributed by atoms with Crippen molar-refractivity contribution in [2.75, 3.05) is 17.3 Å². The summed E-state index contributed by atoms with van der Waals surface area (Å²) < 4.78 is 23.1. The van der Waals surface area contributed by atoms with Gasteiger partial charge in [-0.1, -0.05) is 20.8 Å². The third-order valence-electron chi connectivity index (χ3n) is 2.50. The van der Waals surface area contributed by atoms with Crippen LogP contribution >= 0.6 is 11.8 Å². The Kier molecular flexibility index (Phi) is 5.64. The van der Waals surface area contributed by atoms with Gasteiger partial charge in [0.15, 0.2) is 9.84 Å². The minimum absolute atomic E-state index is 0.0851. The molecule has 1 aromatic rings. The van der Waals surface area contributed by atoms with E-state index in [1.807, 2.05) is 20.8 Å². The van der Waals surface area contributed by atoms with Crippen LogP contribution in [0.1, 0.15) is 31.1 Å². The van der Waals surface area contributed by atoms with Crippen molar-refractivity contribution in [1.82, 2.24) is 0 Å². The van der Waals surface area contributed by atoms with Gasteiger partial charge in [0.25, 0.3) is 0 Å². The van der Waals surface area contributed by atoms with Crippen LogP contribution in [-0.4, -0.2) is 42.2 Å². The monoisotopic (exact) mass is 345 g/mol. The Morgan fingerprint density at radius 2 is 1.82 bits per heavy atom. The normalized spacial score (nSPS) is 12.0. The minimum atomic E-state index is -3.57. The molecule has 0 saturated heterocycles. The number of thioether (sulfide) groups is 1. The first-order valence-corrected chi connectivity index (χ1v) is 9.28. The van der Waals surface area contributed by atoms with E-state index in [4.69, 9.17) is 5.11 Å². The summed E-state index contributed by atoms with van der Waals surface area (Å²) in [6, 6.07) is 3.55. The maximum Gasteiger partial charge on any atom is 0.335 e. The Hall–Kier alpha value is -1.54. The average molecular weight is 345 g/mol. The van der Waals surface area contributed by atoms with Crippen molar-refractivity contribution in [3.05, 3.63) is 23.8 Å². The van der Waals surface area contributed by atoms with E-state index >= 15 is 0 Å². The van der Waals surface area contributed by atoms with E-state index in [0.717, 1.165) is 12.3 Å². The zero-order chi connectivity index (χ0) is 17.1. The zero-order valence-electron chi connectivity index (χ0n) is 12.8. The molecule has 22 heavy (non-hydrogen) atoms. The molecule has 8 heteroatoms. The Labute approximate surface area is 134 Å². The molecule has 0 atom stereocenters. The number of benzene rings is 1. The molecular formula is C14H19NO5S2. The average Bonchev–Trinajstić information content (AvgIpc) is 2.34. The minimum Gasteiger partial charge on any atom is -0.478 e. The number of amides is 1. The summed E-state index contributed by atoms with van der Waals surface area (Å²) >= 11 is 1.43. The summed E-state index contributed by atoms with van der Waals surface area (Å²) in [4.78, 5) is 22.8. The van der Waals surface area contributed by atoms with Crippen molar-refractivity contribution in [1.29, 1.82) is 0 Å². The highest BCUT2D eigenvalue weighted by molar-refractivity contribution is 8.01. The van der Waals surface area contributed by atoms with Crippen LogP contribution < -0.4 is 5.32 Å². The van der Waals surface area contributed by atoms with Crippen LogP contribution in [0.4, 0.5) is 5.69 Å². The van der Waals surface area contributed by atoms with Crippen LogP contribution in [0.25, 0.3) is 0 Å². The number of carbonyl (C=O) groups is 2. The van der Waals surface area contributed by atoms with E-state index < -0.39 is 15.8 Å². The molecule has 122 valence electrons. The van der Waals surface area contributed by atoms with Gasteiger partial charge in [0.2, 0.25) is 5.91 Å². The molecular weight excluding hydrogens is 326 g/mol. The number of carboxylic acid groups (broad SMARTS) is 1. The highest BCUT2D eigenvalue weighted by Crippen LogP contribution is 2.24. The molecule has 0 bridgehead atoms. The topological polar surface area (TPSA) is 101 Å². The predicted molar refractivity (Wildman–Crippen MR) is 87.4 cm³/mol. The first kappa shape index (κ1) is 18.5. The molecule has 0 aliphatic carbocycles. The molecule has 0 aliphatic rings. The van der Waals surface area contributed by atoms with Gasteiger partial charge in [-0.3, -0.25) is 4.79 Å². The second-order valence-corrected chi connectivity index (χ2v) is 9.59. The smallest absolute Gasteiger partial charge is 0.335 e. The number of carbonyl (C=O) groups excluding carboxylic acids is 1. The molecule has 0 saturated carbocycles. The molecule has 1 amide bonds. The number of anilines is 1. The van der Waals surface area contributed by atoms with Gasteiger partial charge in [0.05, 0.1) is 16.2 Å². The Balaban J connectivity index is 3.02. The SMILES string of the molecule is CC(C)(C)SCC(=O)Nc1cc(C(=O)O)cc(S(C)(=O)=O)c1. The number of carboxylic acids is 1. The van der Waals surface area contributed by atoms with Crippen LogP contribution in [0.2, 0.25) is 0 Å². The molecule has 0 heterocycles. The fourth-order valence-corrected chi connectivity index (χ4v) is 2.81. The highest BCUT2D eigenvalue weighted by atomic mass is 32.2. The maximum atomic E-state index is 11.9. The lowest BCUT2D eigenvalue weighted by Gasteiger charge is -2.17. The lowest BCUT2D eigenvalue weighted by Crippen LogP contribution is -2.19. The lowest BCUT2D eigenvalue weighted by atomic mass is 10.2. The standard InChI is InChI=1S/C14H19NO5S2/c1-14(2,3)21-8-12(16)15-10-5-9(13(17)18)6-11(7-10)22(4,19)20/h5-7H,8H2,1-4H3,(H,15,16)(H,17,18). The van der Waals surface area contributed by atoms with Gasteiger partial charge in [-0.05, 0) is 18.2 Å². The van der Waals surface area contributed by atoms with Crippen molar-refractivity contribution in [3.8, 4) is 0 Å². The Morgan fingerprint density at radius 3 is 2.27 bits per heavy atom. The summed E-state index contributed by atoms with van der Waals surface area (Å²) in [5.74, 6) is -1.39. The first-order chi connectivity index (χ1) is 9.88. The van der Waals surface area contributed by atoms with Crippen molar-refractivity contribution >= 4 is 39.2 Å². The van der Waals surface area contributed by atoms with E-state index in [2.05, 4.69) is 5.32 Å². The molecule has 0 radical (unpaired) electrons. The number of sulfone groups is 1. The molecule has 0 fully saturated rings. The highest BCUT2D eigenvalue weighted by Gasteiger charge is 2.16. The number of aromatic carboxylic acids is 1. The van der Waals surface area contributed by atoms with Gasteiger partial charge in [-0.15, -0.1) is 11.8 Å².